The second kappa shape index (κ2) is 5.24. The maximum absolute atomic E-state index is 6.11. The van der Waals surface area contributed by atoms with Crippen molar-refractivity contribution >= 4 is 11.6 Å². The lowest BCUT2D eigenvalue weighted by molar-refractivity contribution is 0.399. The molecule has 0 amide bonds. The van der Waals surface area contributed by atoms with Crippen LogP contribution in [0, 0.1) is 0 Å². The molecule has 0 aliphatic heterocycles. The molecule has 92 valence electrons. The zero-order valence-electron chi connectivity index (χ0n) is 10.5. The van der Waals surface area contributed by atoms with E-state index in [1.807, 2.05) is 12.1 Å². The fraction of sp³-hybridized carbons (Fsp3) is 0.467. The summed E-state index contributed by atoms with van der Waals surface area (Å²) in [6.07, 6.45) is 6.77. The van der Waals surface area contributed by atoms with E-state index >= 15 is 0 Å². The van der Waals surface area contributed by atoms with E-state index in [1.165, 1.54) is 5.56 Å². The molecule has 1 N–H and O–H groups in total. The van der Waals surface area contributed by atoms with Crippen molar-refractivity contribution in [1.29, 1.82) is 0 Å². The van der Waals surface area contributed by atoms with Crippen molar-refractivity contribution in [2.45, 2.75) is 38.1 Å². The maximum atomic E-state index is 6.11. The third-order valence-electron chi connectivity index (χ3n) is 3.47. The zero-order chi connectivity index (χ0) is 12.3. The normalized spacial score (nSPS) is 17.9. The van der Waals surface area contributed by atoms with Crippen molar-refractivity contribution in [2.24, 2.45) is 0 Å². The summed E-state index contributed by atoms with van der Waals surface area (Å²) in [6.45, 7) is 5.39. The van der Waals surface area contributed by atoms with Crippen molar-refractivity contribution in [3.8, 4) is 0 Å². The first kappa shape index (κ1) is 12.7. The molecule has 1 aromatic rings. The fourth-order valence-electron chi connectivity index (χ4n) is 2.40. The number of rotatable bonds is 4. The Balaban J connectivity index is 2.22. The molecule has 0 radical (unpaired) electrons. The van der Waals surface area contributed by atoms with Crippen LogP contribution >= 0.6 is 11.6 Å². The first-order chi connectivity index (χ1) is 8.12. The molecule has 0 spiro atoms. The third-order valence-corrected chi connectivity index (χ3v) is 3.70. The summed E-state index contributed by atoms with van der Waals surface area (Å²) in [5.74, 6) is 0. The molecule has 0 unspecified atom stereocenters. The van der Waals surface area contributed by atoms with Gasteiger partial charge in [-0.05, 0) is 30.5 Å². The molecule has 0 bridgehead atoms. The highest BCUT2D eigenvalue weighted by molar-refractivity contribution is 6.30. The molecular formula is C15H20ClN. The van der Waals surface area contributed by atoms with E-state index in [0.717, 1.165) is 24.4 Å². The molecular weight excluding hydrogens is 230 g/mol. The summed E-state index contributed by atoms with van der Waals surface area (Å²) < 4.78 is 0. The average molecular weight is 250 g/mol. The van der Waals surface area contributed by atoms with Crippen molar-refractivity contribution in [1.82, 2.24) is 5.32 Å². The van der Waals surface area contributed by atoms with Gasteiger partial charge in [-0.2, -0.15) is 0 Å². The predicted molar refractivity (Wildman–Crippen MR) is 74.6 cm³/mol. The molecule has 0 fully saturated rings. The summed E-state index contributed by atoms with van der Waals surface area (Å²) in [5.41, 5.74) is 1.55. The van der Waals surface area contributed by atoms with Gasteiger partial charge in [0, 0.05) is 23.0 Å². The van der Waals surface area contributed by atoms with E-state index in [-0.39, 0.29) is 5.41 Å². The van der Waals surface area contributed by atoms with Crippen LogP contribution in [0.5, 0.6) is 0 Å². The van der Waals surface area contributed by atoms with Gasteiger partial charge in [0.05, 0.1) is 0 Å². The number of nitrogens with one attached hydrogen (secondary N) is 1. The largest absolute Gasteiger partial charge is 0.314 e. The van der Waals surface area contributed by atoms with Gasteiger partial charge < -0.3 is 5.32 Å². The van der Waals surface area contributed by atoms with E-state index in [1.54, 1.807) is 0 Å². The number of benzene rings is 1. The smallest absolute Gasteiger partial charge is 0.0408 e. The Morgan fingerprint density at radius 2 is 2.00 bits per heavy atom. The Morgan fingerprint density at radius 3 is 2.59 bits per heavy atom. The van der Waals surface area contributed by atoms with Gasteiger partial charge in [-0.1, -0.05) is 49.7 Å². The van der Waals surface area contributed by atoms with E-state index in [0.29, 0.717) is 6.04 Å². The van der Waals surface area contributed by atoms with E-state index in [4.69, 9.17) is 11.6 Å². The molecule has 0 saturated carbocycles. The second-order valence-corrected chi connectivity index (χ2v) is 5.64. The molecule has 1 nitrogen and oxygen atoms in total. The van der Waals surface area contributed by atoms with Crippen LogP contribution in [0.3, 0.4) is 0 Å². The van der Waals surface area contributed by atoms with Crippen LogP contribution in [0.4, 0.5) is 0 Å². The van der Waals surface area contributed by atoms with Crippen LogP contribution < -0.4 is 5.32 Å². The topological polar surface area (TPSA) is 12.0 Å². The van der Waals surface area contributed by atoms with Crippen molar-refractivity contribution in [3.05, 3.63) is 47.0 Å². The van der Waals surface area contributed by atoms with Crippen molar-refractivity contribution < 1.29 is 0 Å². The number of hydrogen-bond donors (Lipinski definition) is 1. The van der Waals surface area contributed by atoms with Crippen LogP contribution in [-0.4, -0.2) is 12.6 Å². The first-order valence-corrected chi connectivity index (χ1v) is 6.65. The molecule has 0 atom stereocenters. The first-order valence-electron chi connectivity index (χ1n) is 6.27. The molecule has 0 aromatic heterocycles. The summed E-state index contributed by atoms with van der Waals surface area (Å²) in [5, 5.41) is 4.39. The van der Waals surface area contributed by atoms with E-state index in [2.05, 4.69) is 43.4 Å². The lowest BCUT2D eigenvalue weighted by Crippen LogP contribution is -2.39. The molecule has 0 heterocycles. The van der Waals surface area contributed by atoms with Gasteiger partial charge in [0.25, 0.3) is 0 Å². The predicted octanol–water partition coefficient (Wildman–Crippen LogP) is 3.93. The van der Waals surface area contributed by atoms with Gasteiger partial charge >= 0.3 is 0 Å². The summed E-state index contributed by atoms with van der Waals surface area (Å²) in [7, 11) is 0. The van der Waals surface area contributed by atoms with Crippen LogP contribution in [0.25, 0.3) is 0 Å². The van der Waals surface area contributed by atoms with Crippen molar-refractivity contribution in [3.63, 3.8) is 0 Å². The number of hydrogen-bond acceptors (Lipinski definition) is 1. The van der Waals surface area contributed by atoms with Crippen LogP contribution in [0.2, 0.25) is 5.02 Å². The Labute approximate surface area is 109 Å². The minimum atomic E-state index is 0.204. The highest BCUT2D eigenvalue weighted by Crippen LogP contribution is 2.37. The molecule has 2 rings (SSSR count). The Kier molecular flexibility index (Phi) is 3.90. The van der Waals surface area contributed by atoms with Gasteiger partial charge in [-0.15, -0.1) is 0 Å². The molecule has 2 heteroatoms. The lowest BCUT2D eigenvalue weighted by Gasteiger charge is -2.31. The Morgan fingerprint density at radius 1 is 1.29 bits per heavy atom. The monoisotopic (exact) mass is 249 g/mol. The van der Waals surface area contributed by atoms with Gasteiger partial charge in [0.15, 0.2) is 0 Å². The molecule has 1 aliphatic rings. The van der Waals surface area contributed by atoms with Gasteiger partial charge in [-0.3, -0.25) is 0 Å². The quantitative estimate of drug-likeness (QED) is 0.798. The Hall–Kier alpha value is -0.790. The average Bonchev–Trinajstić information content (AvgIpc) is 2.76. The third kappa shape index (κ3) is 2.91. The van der Waals surface area contributed by atoms with E-state index in [9.17, 15) is 0 Å². The summed E-state index contributed by atoms with van der Waals surface area (Å²) >= 11 is 6.11. The molecule has 1 aromatic carbocycles. The number of allylic oxidation sites excluding steroid dienone is 2. The standard InChI is InChI=1S/C15H20ClN/c1-12(2)17-11-15(8-3-4-9-15)13-6-5-7-14(16)10-13/h3-7,10,12,17H,8-9,11H2,1-2H3. The van der Waals surface area contributed by atoms with Gasteiger partial charge in [0.1, 0.15) is 0 Å². The van der Waals surface area contributed by atoms with Crippen LogP contribution in [0.1, 0.15) is 32.3 Å². The molecule has 0 saturated heterocycles. The highest BCUT2D eigenvalue weighted by Gasteiger charge is 2.32. The highest BCUT2D eigenvalue weighted by atomic mass is 35.5. The molecule has 17 heavy (non-hydrogen) atoms. The number of halogens is 1. The fourth-order valence-corrected chi connectivity index (χ4v) is 2.59. The maximum Gasteiger partial charge on any atom is 0.0408 e. The molecule has 1 aliphatic carbocycles. The summed E-state index contributed by atoms with van der Waals surface area (Å²) in [4.78, 5) is 0. The zero-order valence-corrected chi connectivity index (χ0v) is 11.3. The summed E-state index contributed by atoms with van der Waals surface area (Å²) in [6, 6.07) is 8.81. The van der Waals surface area contributed by atoms with Crippen LogP contribution in [0.15, 0.2) is 36.4 Å². The van der Waals surface area contributed by atoms with E-state index < -0.39 is 0 Å². The lowest BCUT2D eigenvalue weighted by atomic mass is 9.78. The van der Waals surface area contributed by atoms with Crippen LogP contribution in [-0.2, 0) is 5.41 Å². The van der Waals surface area contributed by atoms with Gasteiger partial charge in [0.2, 0.25) is 0 Å². The van der Waals surface area contributed by atoms with Crippen molar-refractivity contribution in [2.75, 3.05) is 6.54 Å². The van der Waals surface area contributed by atoms with Gasteiger partial charge in [-0.25, -0.2) is 0 Å². The second-order valence-electron chi connectivity index (χ2n) is 5.21. The Bertz CT molecular complexity index is 401. The minimum Gasteiger partial charge on any atom is -0.314 e. The SMILES string of the molecule is CC(C)NCC1(c2cccc(Cl)c2)CC=CC1. The minimum absolute atomic E-state index is 0.204.